The number of thioether (sulfide) groups is 1. The fraction of sp³-hybridized carbons (Fsp3) is 0.214. The molecule has 0 aliphatic carbocycles. The molecule has 0 saturated heterocycles. The van der Waals surface area contributed by atoms with Crippen molar-refractivity contribution in [1.82, 2.24) is 0 Å². The minimum atomic E-state index is -0.133. The molecule has 0 saturated carbocycles. The average Bonchev–Trinajstić information content (AvgIpc) is 2.91. The molecule has 18 heavy (non-hydrogen) atoms. The van der Waals surface area contributed by atoms with Crippen LogP contribution in [0.4, 0.5) is 0 Å². The molecule has 2 rings (SSSR count). The standard InChI is InChI=1S/C14H14O2S2/c15-14(16-11-13-7-4-9-17-13)8-10-18-12-5-2-1-3-6-12/h1-7,9H,8,10-11H2. The molecule has 0 bridgehead atoms. The Bertz CT molecular complexity index is 466. The van der Waals surface area contributed by atoms with Crippen LogP contribution in [0.2, 0.25) is 0 Å². The van der Waals surface area contributed by atoms with Gasteiger partial charge in [0.25, 0.3) is 0 Å². The Hall–Kier alpha value is -1.26. The largest absolute Gasteiger partial charge is 0.460 e. The number of thiophene rings is 1. The van der Waals surface area contributed by atoms with Crippen LogP contribution in [0.5, 0.6) is 0 Å². The summed E-state index contributed by atoms with van der Waals surface area (Å²) in [4.78, 5) is 13.8. The van der Waals surface area contributed by atoms with Crippen molar-refractivity contribution in [2.45, 2.75) is 17.9 Å². The topological polar surface area (TPSA) is 26.3 Å². The van der Waals surface area contributed by atoms with Crippen molar-refractivity contribution in [3.63, 3.8) is 0 Å². The number of hydrogen-bond acceptors (Lipinski definition) is 4. The fourth-order valence-electron chi connectivity index (χ4n) is 1.39. The highest BCUT2D eigenvalue weighted by Gasteiger charge is 2.04. The van der Waals surface area contributed by atoms with Crippen molar-refractivity contribution in [2.24, 2.45) is 0 Å². The van der Waals surface area contributed by atoms with Crippen LogP contribution in [0, 0.1) is 0 Å². The van der Waals surface area contributed by atoms with Gasteiger partial charge >= 0.3 is 5.97 Å². The van der Waals surface area contributed by atoms with Crippen LogP contribution in [-0.4, -0.2) is 11.7 Å². The number of esters is 1. The van der Waals surface area contributed by atoms with E-state index in [-0.39, 0.29) is 5.97 Å². The summed E-state index contributed by atoms with van der Waals surface area (Å²) in [6.45, 7) is 0.395. The molecule has 1 aromatic carbocycles. The molecule has 0 aliphatic heterocycles. The van der Waals surface area contributed by atoms with Gasteiger partial charge in [-0.3, -0.25) is 4.79 Å². The molecular formula is C14H14O2S2. The molecule has 0 N–H and O–H groups in total. The summed E-state index contributed by atoms with van der Waals surface area (Å²) >= 11 is 3.28. The zero-order valence-electron chi connectivity index (χ0n) is 9.87. The van der Waals surface area contributed by atoms with E-state index in [0.29, 0.717) is 13.0 Å². The molecule has 0 amide bonds. The molecule has 0 aliphatic rings. The first-order valence-electron chi connectivity index (χ1n) is 5.70. The third kappa shape index (κ3) is 4.55. The van der Waals surface area contributed by atoms with Crippen molar-refractivity contribution < 1.29 is 9.53 Å². The number of rotatable bonds is 6. The number of carbonyl (C=O) groups is 1. The van der Waals surface area contributed by atoms with Crippen molar-refractivity contribution in [2.75, 3.05) is 5.75 Å². The Kier molecular flexibility index (Phi) is 5.30. The summed E-state index contributed by atoms with van der Waals surface area (Å²) in [5, 5.41) is 1.98. The normalized spacial score (nSPS) is 10.2. The third-order valence-corrected chi connectivity index (χ3v) is 4.14. The van der Waals surface area contributed by atoms with Crippen LogP contribution < -0.4 is 0 Å². The van der Waals surface area contributed by atoms with Crippen LogP contribution in [0.25, 0.3) is 0 Å². The predicted molar refractivity (Wildman–Crippen MR) is 75.9 cm³/mol. The van der Waals surface area contributed by atoms with Crippen molar-refractivity contribution in [3.8, 4) is 0 Å². The minimum Gasteiger partial charge on any atom is -0.460 e. The molecule has 0 spiro atoms. The van der Waals surface area contributed by atoms with Crippen molar-refractivity contribution >= 4 is 29.1 Å². The predicted octanol–water partition coefficient (Wildman–Crippen LogP) is 3.97. The Balaban J connectivity index is 1.63. The second kappa shape index (κ2) is 7.24. The highest BCUT2D eigenvalue weighted by molar-refractivity contribution is 7.99. The summed E-state index contributed by atoms with van der Waals surface area (Å²) in [7, 11) is 0. The van der Waals surface area contributed by atoms with E-state index < -0.39 is 0 Å². The van der Waals surface area contributed by atoms with E-state index in [1.54, 1.807) is 23.1 Å². The van der Waals surface area contributed by atoms with E-state index in [1.165, 1.54) is 4.90 Å². The molecule has 0 atom stereocenters. The molecule has 94 valence electrons. The van der Waals surface area contributed by atoms with Crippen LogP contribution in [0.3, 0.4) is 0 Å². The van der Waals surface area contributed by atoms with E-state index in [0.717, 1.165) is 10.6 Å². The van der Waals surface area contributed by atoms with Gasteiger partial charge in [-0.05, 0) is 23.6 Å². The number of carbonyl (C=O) groups excluding carboxylic acids is 1. The number of ether oxygens (including phenoxy) is 1. The van der Waals surface area contributed by atoms with Gasteiger partial charge in [0.1, 0.15) is 6.61 Å². The van der Waals surface area contributed by atoms with Gasteiger partial charge in [0.15, 0.2) is 0 Å². The Morgan fingerprint density at radius 2 is 2.00 bits per heavy atom. The SMILES string of the molecule is O=C(CCSc1ccccc1)OCc1cccs1. The van der Waals surface area contributed by atoms with Crippen LogP contribution in [0.15, 0.2) is 52.7 Å². The lowest BCUT2D eigenvalue weighted by atomic mass is 10.4. The van der Waals surface area contributed by atoms with Gasteiger partial charge in [0.2, 0.25) is 0 Å². The molecule has 2 aromatic rings. The van der Waals surface area contributed by atoms with Gasteiger partial charge in [-0.15, -0.1) is 23.1 Å². The second-order valence-electron chi connectivity index (χ2n) is 3.65. The first-order valence-corrected chi connectivity index (χ1v) is 7.57. The van der Waals surface area contributed by atoms with Gasteiger partial charge in [0.05, 0.1) is 6.42 Å². The first kappa shape index (κ1) is 13.2. The van der Waals surface area contributed by atoms with E-state index in [4.69, 9.17) is 4.74 Å². The molecule has 4 heteroatoms. The maximum atomic E-state index is 11.5. The molecule has 1 heterocycles. The van der Waals surface area contributed by atoms with Gasteiger partial charge < -0.3 is 4.74 Å². The molecule has 0 fully saturated rings. The zero-order chi connectivity index (χ0) is 12.6. The van der Waals surface area contributed by atoms with Gasteiger partial charge in [-0.2, -0.15) is 0 Å². The van der Waals surface area contributed by atoms with Crippen LogP contribution in [-0.2, 0) is 16.1 Å². The van der Waals surface area contributed by atoms with Crippen LogP contribution >= 0.6 is 23.1 Å². The van der Waals surface area contributed by atoms with Crippen LogP contribution in [0.1, 0.15) is 11.3 Å². The summed E-state index contributed by atoms with van der Waals surface area (Å²) in [5.41, 5.74) is 0. The summed E-state index contributed by atoms with van der Waals surface area (Å²) in [5.74, 6) is 0.625. The van der Waals surface area contributed by atoms with E-state index in [9.17, 15) is 4.79 Å². The monoisotopic (exact) mass is 278 g/mol. The van der Waals surface area contributed by atoms with E-state index in [2.05, 4.69) is 0 Å². The maximum Gasteiger partial charge on any atom is 0.306 e. The lowest BCUT2D eigenvalue weighted by Crippen LogP contribution is -2.04. The smallest absolute Gasteiger partial charge is 0.306 e. The Labute approximate surface area is 115 Å². The Morgan fingerprint density at radius 1 is 1.17 bits per heavy atom. The molecule has 1 aromatic heterocycles. The summed E-state index contributed by atoms with van der Waals surface area (Å²) in [6, 6.07) is 14.0. The fourth-order valence-corrected chi connectivity index (χ4v) is 2.86. The summed E-state index contributed by atoms with van der Waals surface area (Å²) < 4.78 is 5.18. The summed E-state index contributed by atoms with van der Waals surface area (Å²) in [6.07, 6.45) is 0.449. The molecule has 2 nitrogen and oxygen atoms in total. The van der Waals surface area contributed by atoms with Crippen molar-refractivity contribution in [3.05, 3.63) is 52.7 Å². The highest BCUT2D eigenvalue weighted by Crippen LogP contribution is 2.18. The third-order valence-electron chi connectivity index (χ3n) is 2.27. The average molecular weight is 278 g/mol. The molecular weight excluding hydrogens is 264 g/mol. The van der Waals surface area contributed by atoms with Gasteiger partial charge in [0, 0.05) is 15.5 Å². The molecule has 0 radical (unpaired) electrons. The minimum absolute atomic E-state index is 0.133. The number of benzene rings is 1. The zero-order valence-corrected chi connectivity index (χ0v) is 11.5. The quantitative estimate of drug-likeness (QED) is 0.590. The second-order valence-corrected chi connectivity index (χ2v) is 5.85. The van der Waals surface area contributed by atoms with Gasteiger partial charge in [-0.1, -0.05) is 24.3 Å². The lowest BCUT2D eigenvalue weighted by molar-refractivity contribution is -0.144. The highest BCUT2D eigenvalue weighted by atomic mass is 32.2. The lowest BCUT2D eigenvalue weighted by Gasteiger charge is -2.03. The van der Waals surface area contributed by atoms with Crippen molar-refractivity contribution in [1.29, 1.82) is 0 Å². The first-order chi connectivity index (χ1) is 8.84. The number of hydrogen-bond donors (Lipinski definition) is 0. The maximum absolute atomic E-state index is 11.5. The Morgan fingerprint density at radius 3 is 2.72 bits per heavy atom. The molecule has 0 unspecified atom stereocenters. The van der Waals surface area contributed by atoms with Gasteiger partial charge in [-0.25, -0.2) is 0 Å². The van der Waals surface area contributed by atoms with E-state index in [1.807, 2.05) is 47.8 Å². The van der Waals surface area contributed by atoms with E-state index >= 15 is 0 Å².